The summed E-state index contributed by atoms with van der Waals surface area (Å²) in [4.78, 5) is 24.0. The molecule has 1 amide bonds. The summed E-state index contributed by atoms with van der Waals surface area (Å²) in [6.07, 6.45) is 5.32. The first-order valence-corrected chi connectivity index (χ1v) is 6.35. The summed E-state index contributed by atoms with van der Waals surface area (Å²) in [5.74, 6) is -0.932. The van der Waals surface area contributed by atoms with Crippen LogP contribution in [-0.4, -0.2) is 47.6 Å². The van der Waals surface area contributed by atoms with Crippen molar-refractivity contribution in [3.63, 3.8) is 0 Å². The number of nitrogens with one attached hydrogen (secondary N) is 1. The van der Waals surface area contributed by atoms with Gasteiger partial charge in [0.2, 0.25) is 5.91 Å². The van der Waals surface area contributed by atoms with Gasteiger partial charge in [0.1, 0.15) is 0 Å². The Hall–Kier alpha value is -0.810. The van der Waals surface area contributed by atoms with Crippen LogP contribution in [-0.2, 0) is 9.59 Å². The standard InChI is InChI=1S/C12H22N2O3.ClH/c1-2-7-14(9-12(16)17)8-11(15)13-10-5-3-4-6-10;/h10H,2-9H2,1H3,(H,13,15)(H,16,17);1H. The van der Waals surface area contributed by atoms with E-state index in [0.717, 1.165) is 19.3 Å². The highest BCUT2D eigenvalue weighted by atomic mass is 35.5. The third kappa shape index (κ3) is 6.81. The number of carboxylic acids is 1. The van der Waals surface area contributed by atoms with Crippen LogP contribution in [0.1, 0.15) is 39.0 Å². The van der Waals surface area contributed by atoms with Crippen LogP contribution in [0, 0.1) is 0 Å². The quantitative estimate of drug-likeness (QED) is 0.736. The van der Waals surface area contributed by atoms with Crippen molar-refractivity contribution in [3.8, 4) is 0 Å². The zero-order valence-corrected chi connectivity index (χ0v) is 11.7. The number of nitrogens with zero attached hydrogens (tertiary/aromatic N) is 1. The molecule has 18 heavy (non-hydrogen) atoms. The van der Waals surface area contributed by atoms with Gasteiger partial charge in [0.05, 0.1) is 13.1 Å². The number of carbonyl (C=O) groups excluding carboxylic acids is 1. The molecule has 0 bridgehead atoms. The molecule has 6 heteroatoms. The molecule has 1 fully saturated rings. The molecular weight excluding hydrogens is 256 g/mol. The highest BCUT2D eigenvalue weighted by Crippen LogP contribution is 2.17. The van der Waals surface area contributed by atoms with Gasteiger partial charge in [0.15, 0.2) is 0 Å². The van der Waals surface area contributed by atoms with Crippen molar-refractivity contribution in [1.82, 2.24) is 10.2 Å². The minimum absolute atomic E-state index is 0. The van der Waals surface area contributed by atoms with E-state index in [1.807, 2.05) is 6.92 Å². The fourth-order valence-electron chi connectivity index (χ4n) is 2.27. The highest BCUT2D eigenvalue weighted by molar-refractivity contribution is 5.85. The second-order valence-corrected chi connectivity index (χ2v) is 4.65. The van der Waals surface area contributed by atoms with Gasteiger partial charge in [-0.05, 0) is 25.8 Å². The topological polar surface area (TPSA) is 69.6 Å². The summed E-state index contributed by atoms with van der Waals surface area (Å²) in [6.45, 7) is 2.75. The smallest absolute Gasteiger partial charge is 0.317 e. The van der Waals surface area contributed by atoms with Gasteiger partial charge in [0, 0.05) is 6.04 Å². The lowest BCUT2D eigenvalue weighted by molar-refractivity contribution is -0.138. The van der Waals surface area contributed by atoms with Crippen molar-refractivity contribution in [3.05, 3.63) is 0 Å². The summed E-state index contributed by atoms with van der Waals surface area (Å²) in [7, 11) is 0. The zero-order valence-electron chi connectivity index (χ0n) is 10.9. The lowest BCUT2D eigenvalue weighted by atomic mass is 10.2. The molecule has 106 valence electrons. The van der Waals surface area contributed by atoms with Gasteiger partial charge in [-0.1, -0.05) is 19.8 Å². The minimum Gasteiger partial charge on any atom is -0.480 e. The molecule has 0 saturated heterocycles. The number of rotatable bonds is 7. The van der Waals surface area contributed by atoms with E-state index in [1.54, 1.807) is 4.90 Å². The molecule has 0 aromatic rings. The van der Waals surface area contributed by atoms with E-state index in [4.69, 9.17) is 5.11 Å². The van der Waals surface area contributed by atoms with Gasteiger partial charge in [0.25, 0.3) is 0 Å². The molecule has 1 aliphatic rings. The van der Waals surface area contributed by atoms with Gasteiger partial charge in [-0.2, -0.15) is 0 Å². The largest absolute Gasteiger partial charge is 0.480 e. The number of carboxylic acid groups (broad SMARTS) is 1. The molecule has 1 saturated carbocycles. The van der Waals surface area contributed by atoms with E-state index in [1.165, 1.54) is 12.8 Å². The Labute approximate surface area is 114 Å². The third-order valence-electron chi connectivity index (χ3n) is 2.99. The van der Waals surface area contributed by atoms with E-state index in [2.05, 4.69) is 5.32 Å². The van der Waals surface area contributed by atoms with Gasteiger partial charge in [-0.15, -0.1) is 12.4 Å². The first-order chi connectivity index (χ1) is 8.11. The van der Waals surface area contributed by atoms with Gasteiger partial charge in [-0.3, -0.25) is 14.5 Å². The summed E-state index contributed by atoms with van der Waals surface area (Å²) < 4.78 is 0. The van der Waals surface area contributed by atoms with Crippen LogP contribution in [0.4, 0.5) is 0 Å². The maximum Gasteiger partial charge on any atom is 0.317 e. The molecule has 0 spiro atoms. The van der Waals surface area contributed by atoms with Gasteiger partial charge >= 0.3 is 5.97 Å². The number of amides is 1. The van der Waals surface area contributed by atoms with Crippen molar-refractivity contribution in [2.75, 3.05) is 19.6 Å². The molecule has 0 aromatic heterocycles. The third-order valence-corrected chi connectivity index (χ3v) is 2.99. The fraction of sp³-hybridized carbons (Fsp3) is 0.833. The van der Waals surface area contributed by atoms with Crippen molar-refractivity contribution < 1.29 is 14.7 Å². The molecule has 1 rings (SSSR count). The highest BCUT2D eigenvalue weighted by Gasteiger charge is 2.19. The van der Waals surface area contributed by atoms with Crippen LogP contribution in [0.15, 0.2) is 0 Å². The molecular formula is C12H23ClN2O3. The van der Waals surface area contributed by atoms with Crippen molar-refractivity contribution >= 4 is 24.3 Å². The van der Waals surface area contributed by atoms with Crippen molar-refractivity contribution in [2.24, 2.45) is 0 Å². The Morgan fingerprint density at radius 1 is 1.28 bits per heavy atom. The molecule has 0 aliphatic heterocycles. The first kappa shape index (κ1) is 17.2. The Kier molecular flexibility index (Phi) is 8.75. The molecule has 0 atom stereocenters. The monoisotopic (exact) mass is 278 g/mol. The molecule has 0 unspecified atom stereocenters. The van der Waals surface area contributed by atoms with Crippen molar-refractivity contribution in [1.29, 1.82) is 0 Å². The van der Waals surface area contributed by atoms with Crippen LogP contribution >= 0.6 is 12.4 Å². The number of aliphatic carboxylic acids is 1. The molecule has 0 radical (unpaired) electrons. The second kappa shape index (κ2) is 9.16. The van der Waals surface area contributed by atoms with Crippen molar-refractivity contribution in [2.45, 2.75) is 45.1 Å². The predicted octanol–water partition coefficient (Wildman–Crippen LogP) is 1.26. The van der Waals surface area contributed by atoms with E-state index >= 15 is 0 Å². The number of hydrogen-bond acceptors (Lipinski definition) is 3. The minimum atomic E-state index is -0.882. The fourth-order valence-corrected chi connectivity index (χ4v) is 2.27. The molecule has 2 N–H and O–H groups in total. The average molecular weight is 279 g/mol. The van der Waals surface area contributed by atoms with Gasteiger partial charge in [-0.25, -0.2) is 0 Å². The van der Waals surface area contributed by atoms with E-state index in [0.29, 0.717) is 12.6 Å². The van der Waals surface area contributed by atoms with Gasteiger partial charge < -0.3 is 10.4 Å². The first-order valence-electron chi connectivity index (χ1n) is 6.35. The van der Waals surface area contributed by atoms with Crippen LogP contribution in [0.25, 0.3) is 0 Å². The summed E-state index contributed by atoms with van der Waals surface area (Å²) >= 11 is 0. The van der Waals surface area contributed by atoms with E-state index < -0.39 is 5.97 Å². The summed E-state index contributed by atoms with van der Waals surface area (Å²) in [6, 6.07) is 0.302. The van der Waals surface area contributed by atoms with Crippen LogP contribution in [0.5, 0.6) is 0 Å². The lowest BCUT2D eigenvalue weighted by Crippen LogP contribution is -2.43. The molecule has 5 nitrogen and oxygen atoms in total. The average Bonchev–Trinajstić information content (AvgIpc) is 2.69. The Bertz CT molecular complexity index is 268. The van der Waals surface area contributed by atoms with Crippen LogP contribution in [0.3, 0.4) is 0 Å². The van der Waals surface area contributed by atoms with Crippen LogP contribution < -0.4 is 5.32 Å². The Balaban J connectivity index is 0.00000289. The summed E-state index contributed by atoms with van der Waals surface area (Å²) in [5, 5.41) is 11.7. The maximum absolute atomic E-state index is 11.7. The normalized spacial score (nSPS) is 15.4. The lowest BCUT2D eigenvalue weighted by Gasteiger charge is -2.20. The number of hydrogen-bond donors (Lipinski definition) is 2. The molecule has 0 heterocycles. The van der Waals surface area contributed by atoms with E-state index in [-0.39, 0.29) is 31.4 Å². The SMILES string of the molecule is CCCN(CC(=O)O)CC(=O)NC1CCCC1.Cl. The Morgan fingerprint density at radius 2 is 1.89 bits per heavy atom. The number of carbonyl (C=O) groups is 2. The van der Waals surface area contributed by atoms with Crippen LogP contribution in [0.2, 0.25) is 0 Å². The molecule has 0 aromatic carbocycles. The Morgan fingerprint density at radius 3 is 2.39 bits per heavy atom. The zero-order chi connectivity index (χ0) is 12.7. The van der Waals surface area contributed by atoms with E-state index in [9.17, 15) is 9.59 Å². The summed E-state index contributed by atoms with van der Waals surface area (Å²) in [5.41, 5.74) is 0. The maximum atomic E-state index is 11.7. The predicted molar refractivity (Wildman–Crippen MR) is 72.0 cm³/mol. The molecule has 1 aliphatic carbocycles. The second-order valence-electron chi connectivity index (χ2n) is 4.65. The number of halogens is 1.